The molecule has 3 aliphatic heterocycles. The number of nitrogens with one attached hydrogen (secondary N) is 2. The molecule has 3 aromatic rings. The number of aliphatic hydroxyl groups excluding tert-OH is 1. The van der Waals surface area contributed by atoms with Gasteiger partial charge in [0, 0.05) is 47.7 Å². The van der Waals surface area contributed by atoms with Crippen molar-refractivity contribution < 1.29 is 5.11 Å². The summed E-state index contributed by atoms with van der Waals surface area (Å²) in [4.78, 5) is 10.5. The molecule has 0 amide bonds. The predicted molar refractivity (Wildman–Crippen MR) is 133 cm³/mol. The normalized spacial score (nSPS) is 26.8. The molecule has 6 rings (SSSR count). The molecule has 0 aliphatic carbocycles. The van der Waals surface area contributed by atoms with Crippen molar-refractivity contribution in [2.75, 3.05) is 26.2 Å². The number of aromatic amines is 1. The summed E-state index contributed by atoms with van der Waals surface area (Å²) in [6, 6.07) is 11.0. The van der Waals surface area contributed by atoms with Gasteiger partial charge in [0.25, 0.3) is 0 Å². The minimum atomic E-state index is -0.573. The van der Waals surface area contributed by atoms with Crippen molar-refractivity contribution in [2.45, 2.75) is 57.3 Å². The lowest BCUT2D eigenvalue weighted by Crippen LogP contribution is -2.45. The summed E-state index contributed by atoms with van der Waals surface area (Å²) in [5.74, 6) is 0. The maximum Gasteiger partial charge on any atom is 0.163 e. The van der Waals surface area contributed by atoms with Crippen LogP contribution < -0.4 is 16.0 Å². The van der Waals surface area contributed by atoms with Crippen LogP contribution in [-0.2, 0) is 17.4 Å². The van der Waals surface area contributed by atoms with Crippen LogP contribution in [0.1, 0.15) is 43.6 Å². The number of hydrogen-bond acceptors (Lipinski definition) is 5. The van der Waals surface area contributed by atoms with E-state index in [-0.39, 0.29) is 10.8 Å². The third-order valence-corrected chi connectivity index (χ3v) is 8.12. The maximum atomic E-state index is 10.5. The number of H-pyrrole nitrogens is 1. The molecule has 3 unspecified atom stereocenters. The summed E-state index contributed by atoms with van der Waals surface area (Å²) in [5, 5.41) is 19.9. The molecule has 3 atom stereocenters. The molecule has 7 heteroatoms. The first kappa shape index (κ1) is 21.8. The average Bonchev–Trinajstić information content (AvgIpc) is 3.60. The molecule has 178 valence electrons. The minimum absolute atomic E-state index is 0.0795. The number of aryl methyl sites for hydroxylation is 2. The van der Waals surface area contributed by atoms with Crippen molar-refractivity contribution in [3.05, 3.63) is 64.2 Å². The van der Waals surface area contributed by atoms with E-state index in [4.69, 9.17) is 10.1 Å². The van der Waals surface area contributed by atoms with Crippen molar-refractivity contribution in [1.82, 2.24) is 25.0 Å². The van der Waals surface area contributed by atoms with Crippen LogP contribution >= 0.6 is 0 Å². The third kappa shape index (κ3) is 3.37. The van der Waals surface area contributed by atoms with E-state index in [0.29, 0.717) is 6.54 Å². The molecular weight excluding hydrogens is 424 g/mol. The Morgan fingerprint density at radius 1 is 1.21 bits per heavy atom. The average molecular weight is 459 g/mol. The molecular formula is C27H34N6O. The second-order valence-corrected chi connectivity index (χ2v) is 10.5. The summed E-state index contributed by atoms with van der Waals surface area (Å²) in [7, 11) is 0. The number of likely N-dealkylation sites (tertiary alicyclic amines) is 1. The van der Waals surface area contributed by atoms with E-state index in [0.717, 1.165) is 50.2 Å². The van der Waals surface area contributed by atoms with Gasteiger partial charge >= 0.3 is 0 Å². The summed E-state index contributed by atoms with van der Waals surface area (Å²) in [6.07, 6.45) is 6.02. The van der Waals surface area contributed by atoms with Gasteiger partial charge in [0.05, 0.1) is 17.7 Å². The topological polar surface area (TPSA) is 81.5 Å². The van der Waals surface area contributed by atoms with Crippen LogP contribution in [0.4, 0.5) is 0 Å². The van der Waals surface area contributed by atoms with Gasteiger partial charge in [-0.2, -0.15) is 5.10 Å². The fraction of sp³-hybridized carbons (Fsp3) is 0.481. The highest BCUT2D eigenvalue weighted by Gasteiger charge is 2.47. The number of aromatic nitrogens is 3. The molecule has 1 spiro atoms. The molecule has 1 aromatic carbocycles. The van der Waals surface area contributed by atoms with Gasteiger partial charge in [0.15, 0.2) is 6.35 Å². The molecule has 0 radical (unpaired) electrons. The summed E-state index contributed by atoms with van der Waals surface area (Å²) >= 11 is 0. The first-order chi connectivity index (χ1) is 16.4. The number of rotatable bonds is 5. The molecule has 1 saturated heterocycles. The van der Waals surface area contributed by atoms with Crippen molar-refractivity contribution in [1.29, 1.82) is 0 Å². The smallest absolute Gasteiger partial charge is 0.163 e. The second-order valence-electron chi connectivity index (χ2n) is 10.5. The first-order valence-corrected chi connectivity index (χ1v) is 12.5. The highest BCUT2D eigenvalue weighted by Crippen LogP contribution is 2.44. The lowest BCUT2D eigenvalue weighted by molar-refractivity contribution is -0.00921. The number of aliphatic hydroxyl groups is 1. The second kappa shape index (κ2) is 7.90. The SMILES string of the molecule is CCNC(O)N1CCC2(CCn3nc(C4(C)C=c5c(-c6ccc(C)cc6)c[nH]c5=NC4)cc32)C1. The number of nitrogens with zero attached hydrogens (tertiary/aromatic N) is 4. The van der Waals surface area contributed by atoms with Gasteiger partial charge in [-0.15, -0.1) is 0 Å². The monoisotopic (exact) mass is 458 g/mol. The van der Waals surface area contributed by atoms with Gasteiger partial charge < -0.3 is 10.1 Å². The minimum Gasteiger partial charge on any atom is -0.365 e. The highest BCUT2D eigenvalue weighted by molar-refractivity contribution is 5.66. The zero-order valence-corrected chi connectivity index (χ0v) is 20.3. The Labute approximate surface area is 200 Å². The van der Waals surface area contributed by atoms with Crippen LogP contribution in [-0.4, -0.2) is 57.3 Å². The summed E-state index contributed by atoms with van der Waals surface area (Å²) in [5.41, 5.74) is 6.86. The van der Waals surface area contributed by atoms with Crippen LogP contribution in [0.5, 0.6) is 0 Å². The molecule has 5 heterocycles. The zero-order chi connectivity index (χ0) is 23.5. The van der Waals surface area contributed by atoms with Gasteiger partial charge in [0.1, 0.15) is 5.49 Å². The van der Waals surface area contributed by atoms with Crippen molar-refractivity contribution in [3.8, 4) is 11.1 Å². The lowest BCUT2D eigenvalue weighted by Gasteiger charge is -2.27. The van der Waals surface area contributed by atoms with Crippen molar-refractivity contribution >= 4 is 6.08 Å². The molecule has 7 nitrogen and oxygen atoms in total. The third-order valence-electron chi connectivity index (χ3n) is 8.12. The molecule has 0 bridgehead atoms. The van der Waals surface area contributed by atoms with E-state index >= 15 is 0 Å². The molecule has 3 N–H and O–H groups in total. The van der Waals surface area contributed by atoms with Gasteiger partial charge in [0.2, 0.25) is 0 Å². The van der Waals surface area contributed by atoms with E-state index in [1.165, 1.54) is 27.6 Å². The molecule has 34 heavy (non-hydrogen) atoms. The largest absolute Gasteiger partial charge is 0.365 e. The van der Waals surface area contributed by atoms with E-state index < -0.39 is 6.35 Å². The first-order valence-electron chi connectivity index (χ1n) is 12.5. The van der Waals surface area contributed by atoms with Gasteiger partial charge in [-0.3, -0.25) is 19.9 Å². The maximum absolute atomic E-state index is 10.5. The van der Waals surface area contributed by atoms with Gasteiger partial charge in [-0.1, -0.05) is 42.8 Å². The fourth-order valence-corrected chi connectivity index (χ4v) is 6.01. The Morgan fingerprint density at radius 3 is 2.79 bits per heavy atom. The van der Waals surface area contributed by atoms with Gasteiger partial charge in [-0.25, -0.2) is 0 Å². The lowest BCUT2D eigenvalue weighted by atomic mass is 9.80. The Hall–Kier alpha value is -2.74. The zero-order valence-electron chi connectivity index (χ0n) is 20.3. The van der Waals surface area contributed by atoms with Crippen LogP contribution in [0, 0.1) is 6.92 Å². The molecule has 3 aliphatic rings. The molecule has 2 aromatic heterocycles. The van der Waals surface area contributed by atoms with E-state index in [1.54, 1.807) is 0 Å². The van der Waals surface area contributed by atoms with Crippen molar-refractivity contribution in [2.24, 2.45) is 4.99 Å². The van der Waals surface area contributed by atoms with Crippen LogP contribution in [0.15, 0.2) is 41.5 Å². The quantitative estimate of drug-likeness (QED) is 0.509. The molecule has 0 saturated carbocycles. The predicted octanol–water partition coefficient (Wildman–Crippen LogP) is 1.79. The van der Waals surface area contributed by atoms with Crippen LogP contribution in [0.25, 0.3) is 17.2 Å². The Bertz CT molecular complexity index is 1340. The number of hydrogen-bond donors (Lipinski definition) is 3. The number of fused-ring (bicyclic) bond motifs is 3. The summed E-state index contributed by atoms with van der Waals surface area (Å²) in [6.45, 7) is 10.6. The Morgan fingerprint density at radius 2 is 2.00 bits per heavy atom. The number of benzene rings is 1. The van der Waals surface area contributed by atoms with E-state index in [1.807, 2.05) is 6.92 Å². The highest BCUT2D eigenvalue weighted by atomic mass is 16.3. The van der Waals surface area contributed by atoms with Gasteiger partial charge in [-0.05, 0) is 44.9 Å². The van der Waals surface area contributed by atoms with Crippen LogP contribution in [0.2, 0.25) is 0 Å². The molecule has 1 fully saturated rings. The Balaban J connectivity index is 1.34. The standard InChI is InChI=1S/C27H34N6O/c1-4-28-25(34)32-11-9-27(17-32)10-12-33-23(27)13-22(31-33)26(3)14-20-21(15-29-24(20)30-16-26)19-7-5-18(2)6-8-19/h5-8,13-15,25,28,34H,4,9-12,16-17H2,1-3H3,(H,29,30). The fourth-order valence-electron chi connectivity index (χ4n) is 6.01. The van der Waals surface area contributed by atoms with Crippen LogP contribution in [0.3, 0.4) is 0 Å². The van der Waals surface area contributed by atoms with E-state index in [2.05, 4.69) is 76.3 Å². The Kier molecular flexibility index (Phi) is 5.06. The summed E-state index contributed by atoms with van der Waals surface area (Å²) < 4.78 is 2.21. The van der Waals surface area contributed by atoms with E-state index in [9.17, 15) is 5.11 Å². The van der Waals surface area contributed by atoms with Crippen molar-refractivity contribution in [3.63, 3.8) is 0 Å².